The molecule has 4 N–H and O–H groups in total. The molecule has 0 spiro atoms. The van der Waals surface area contributed by atoms with Crippen LogP contribution in [-0.2, 0) is 11.3 Å². The van der Waals surface area contributed by atoms with Gasteiger partial charge in [0, 0.05) is 6.04 Å². The lowest BCUT2D eigenvalue weighted by Crippen LogP contribution is -2.45. The molecule has 21 heavy (non-hydrogen) atoms. The average molecular weight is 309 g/mol. The minimum absolute atomic E-state index is 0.0144. The number of rotatable bonds is 4. The Bertz CT molecular complexity index is 584. The van der Waals surface area contributed by atoms with E-state index < -0.39 is 5.97 Å². The second kappa shape index (κ2) is 5.38. The molecule has 0 aliphatic heterocycles. The van der Waals surface area contributed by atoms with Crippen molar-refractivity contribution in [3.8, 4) is 0 Å². The lowest BCUT2D eigenvalue weighted by molar-refractivity contribution is -0.127. The van der Waals surface area contributed by atoms with Crippen LogP contribution in [0.3, 0.4) is 0 Å². The van der Waals surface area contributed by atoms with Gasteiger partial charge < -0.3 is 16.2 Å². The van der Waals surface area contributed by atoms with Gasteiger partial charge in [0.2, 0.25) is 5.91 Å². The summed E-state index contributed by atoms with van der Waals surface area (Å²) >= 11 is 1.11. The highest BCUT2D eigenvalue weighted by molar-refractivity contribution is 7.13. The van der Waals surface area contributed by atoms with Gasteiger partial charge in [0.05, 0.1) is 18.2 Å². The van der Waals surface area contributed by atoms with Crippen LogP contribution >= 0.6 is 11.3 Å². The lowest BCUT2D eigenvalue weighted by Gasteiger charge is -2.26. The van der Waals surface area contributed by atoms with Crippen LogP contribution in [-0.4, -0.2) is 28.0 Å². The van der Waals surface area contributed by atoms with Gasteiger partial charge in [-0.05, 0) is 38.0 Å². The number of carboxylic acid groups (broad SMARTS) is 1. The van der Waals surface area contributed by atoms with Gasteiger partial charge >= 0.3 is 5.97 Å². The molecule has 4 atom stereocenters. The summed E-state index contributed by atoms with van der Waals surface area (Å²) in [6.45, 7) is 1.94. The maximum absolute atomic E-state index is 12.3. The molecular weight excluding hydrogens is 290 g/mol. The molecular formula is C14H19N3O3S. The second-order valence-corrected chi connectivity index (χ2v) is 7.07. The number of carbonyl (C=O) groups excluding carboxylic acids is 1. The maximum atomic E-state index is 12.3. The van der Waals surface area contributed by atoms with Gasteiger partial charge in [-0.3, -0.25) is 4.79 Å². The van der Waals surface area contributed by atoms with Crippen LogP contribution in [0.15, 0.2) is 0 Å². The van der Waals surface area contributed by atoms with E-state index in [0.29, 0.717) is 22.5 Å². The fourth-order valence-corrected chi connectivity index (χ4v) is 4.57. The summed E-state index contributed by atoms with van der Waals surface area (Å²) in [6.07, 6.45) is 3.30. The Morgan fingerprint density at radius 1 is 1.43 bits per heavy atom. The number of carboxylic acids is 1. The normalized spacial score (nSPS) is 30.6. The van der Waals surface area contributed by atoms with Crippen molar-refractivity contribution in [1.82, 2.24) is 10.3 Å². The van der Waals surface area contributed by atoms with Crippen LogP contribution in [0.2, 0.25) is 0 Å². The third-order valence-corrected chi connectivity index (χ3v) is 5.88. The summed E-state index contributed by atoms with van der Waals surface area (Å²) in [4.78, 5) is 27.7. The number of nitrogens with zero attached hydrogens (tertiary/aromatic N) is 1. The molecule has 1 aromatic heterocycles. The van der Waals surface area contributed by atoms with E-state index in [9.17, 15) is 9.59 Å². The van der Waals surface area contributed by atoms with Crippen LogP contribution in [0.1, 0.15) is 39.6 Å². The smallest absolute Gasteiger partial charge is 0.347 e. The molecule has 2 bridgehead atoms. The zero-order valence-corrected chi connectivity index (χ0v) is 12.7. The molecule has 2 aliphatic rings. The molecule has 3 rings (SSSR count). The fourth-order valence-electron chi connectivity index (χ4n) is 3.73. The quantitative estimate of drug-likeness (QED) is 0.773. The number of carbonyl (C=O) groups is 2. The first-order valence-electron chi connectivity index (χ1n) is 7.20. The first-order chi connectivity index (χ1) is 9.97. The van der Waals surface area contributed by atoms with E-state index in [1.54, 1.807) is 6.92 Å². The monoisotopic (exact) mass is 309 g/mol. The molecule has 2 fully saturated rings. The van der Waals surface area contributed by atoms with E-state index in [1.165, 1.54) is 0 Å². The van der Waals surface area contributed by atoms with Crippen molar-refractivity contribution < 1.29 is 14.7 Å². The molecule has 0 saturated heterocycles. The van der Waals surface area contributed by atoms with Crippen molar-refractivity contribution in [3.05, 3.63) is 15.6 Å². The van der Waals surface area contributed by atoms with Crippen LogP contribution in [0, 0.1) is 24.7 Å². The third-order valence-electron chi connectivity index (χ3n) is 4.73. The predicted octanol–water partition coefficient (Wildman–Crippen LogP) is 1.14. The highest BCUT2D eigenvalue weighted by atomic mass is 32.1. The van der Waals surface area contributed by atoms with E-state index >= 15 is 0 Å². The Morgan fingerprint density at radius 3 is 2.71 bits per heavy atom. The summed E-state index contributed by atoms with van der Waals surface area (Å²) in [5.41, 5.74) is 6.64. The SMILES string of the molecule is Cc1nc(CNC(=O)C2C3CCC(C3)C2N)sc1C(=O)O. The minimum atomic E-state index is -0.974. The topological polar surface area (TPSA) is 105 Å². The number of amides is 1. The zero-order valence-electron chi connectivity index (χ0n) is 11.8. The molecule has 2 aliphatic carbocycles. The summed E-state index contributed by atoms with van der Waals surface area (Å²) in [5.74, 6) is -0.176. The van der Waals surface area contributed by atoms with Crippen LogP contribution in [0.5, 0.6) is 0 Å². The average Bonchev–Trinajstić information content (AvgIpc) is 3.10. The Balaban J connectivity index is 1.61. The Morgan fingerprint density at radius 2 is 2.14 bits per heavy atom. The molecule has 1 heterocycles. The molecule has 4 unspecified atom stereocenters. The Kier molecular flexibility index (Phi) is 3.71. The minimum Gasteiger partial charge on any atom is -0.477 e. The molecule has 1 amide bonds. The number of aryl methyl sites for hydroxylation is 1. The number of nitrogens with two attached hydrogens (primary N) is 1. The van der Waals surface area contributed by atoms with Gasteiger partial charge in [0.25, 0.3) is 0 Å². The fraction of sp³-hybridized carbons (Fsp3) is 0.643. The van der Waals surface area contributed by atoms with E-state index in [0.717, 1.165) is 30.6 Å². The van der Waals surface area contributed by atoms with Gasteiger partial charge in [0.1, 0.15) is 9.88 Å². The van der Waals surface area contributed by atoms with Gasteiger partial charge in [-0.15, -0.1) is 11.3 Å². The van der Waals surface area contributed by atoms with Crippen LogP contribution in [0.4, 0.5) is 0 Å². The van der Waals surface area contributed by atoms with Crippen molar-refractivity contribution >= 4 is 23.2 Å². The molecule has 6 nitrogen and oxygen atoms in total. The van der Waals surface area contributed by atoms with E-state index in [1.807, 2.05) is 0 Å². The van der Waals surface area contributed by atoms with Crippen LogP contribution in [0.25, 0.3) is 0 Å². The standard InChI is InChI=1S/C14H19N3O3S/c1-6-12(14(19)20)21-9(17-6)5-16-13(18)10-7-2-3-8(4-7)11(10)15/h7-8,10-11H,2-5,15H2,1H3,(H,16,18)(H,19,20). The molecule has 0 radical (unpaired) electrons. The summed E-state index contributed by atoms with van der Waals surface area (Å²) in [7, 11) is 0. The molecule has 2 saturated carbocycles. The zero-order chi connectivity index (χ0) is 15.1. The van der Waals surface area contributed by atoms with Gasteiger partial charge in [0.15, 0.2) is 0 Å². The van der Waals surface area contributed by atoms with Crippen molar-refractivity contribution in [1.29, 1.82) is 0 Å². The largest absolute Gasteiger partial charge is 0.477 e. The van der Waals surface area contributed by atoms with Gasteiger partial charge in [-0.25, -0.2) is 9.78 Å². The van der Waals surface area contributed by atoms with Crippen molar-refractivity contribution in [3.63, 3.8) is 0 Å². The number of hydrogen-bond acceptors (Lipinski definition) is 5. The van der Waals surface area contributed by atoms with Crippen molar-refractivity contribution in [2.24, 2.45) is 23.5 Å². The third kappa shape index (κ3) is 2.55. The summed E-state index contributed by atoms with van der Waals surface area (Å²) in [5, 5.41) is 12.5. The number of aromatic carboxylic acids is 1. The highest BCUT2D eigenvalue weighted by Crippen LogP contribution is 2.47. The van der Waals surface area contributed by atoms with Crippen molar-refractivity contribution in [2.45, 2.75) is 38.8 Å². The van der Waals surface area contributed by atoms with Crippen LogP contribution < -0.4 is 11.1 Å². The first-order valence-corrected chi connectivity index (χ1v) is 8.02. The maximum Gasteiger partial charge on any atom is 0.347 e. The molecule has 1 aromatic rings. The Labute approximate surface area is 126 Å². The highest BCUT2D eigenvalue weighted by Gasteiger charge is 2.48. The van der Waals surface area contributed by atoms with Gasteiger partial charge in [-0.2, -0.15) is 0 Å². The van der Waals surface area contributed by atoms with Crippen molar-refractivity contribution in [2.75, 3.05) is 0 Å². The lowest BCUT2D eigenvalue weighted by atomic mass is 9.84. The number of hydrogen-bond donors (Lipinski definition) is 3. The molecule has 114 valence electrons. The number of thiazole rings is 1. The summed E-state index contributed by atoms with van der Waals surface area (Å²) < 4.78 is 0. The summed E-state index contributed by atoms with van der Waals surface area (Å²) in [6, 6.07) is -0.0311. The van der Waals surface area contributed by atoms with E-state index in [-0.39, 0.29) is 29.3 Å². The predicted molar refractivity (Wildman–Crippen MR) is 78.0 cm³/mol. The Hall–Kier alpha value is -1.47. The number of nitrogens with one attached hydrogen (secondary N) is 1. The molecule has 0 aromatic carbocycles. The molecule has 7 heteroatoms. The first kappa shape index (κ1) is 14.5. The number of fused-ring (bicyclic) bond motifs is 2. The van der Waals surface area contributed by atoms with E-state index in [4.69, 9.17) is 10.8 Å². The van der Waals surface area contributed by atoms with Gasteiger partial charge in [-0.1, -0.05) is 0 Å². The van der Waals surface area contributed by atoms with E-state index in [2.05, 4.69) is 10.3 Å². The second-order valence-electron chi connectivity index (χ2n) is 5.98. The number of aromatic nitrogens is 1.